The standard InChI is InChI=1S/C6H3FO4/c7-4-5(10)2(8)1-3(9)6(4)11/h1,8,11H. The van der Waals surface area contributed by atoms with Crippen LogP contribution in [-0.4, -0.2) is 21.8 Å². The number of ketones is 2. The second kappa shape index (κ2) is 2.19. The molecule has 0 radical (unpaired) electrons. The third-order valence-corrected chi connectivity index (χ3v) is 1.14. The van der Waals surface area contributed by atoms with Crippen molar-refractivity contribution in [3.8, 4) is 0 Å². The van der Waals surface area contributed by atoms with Crippen LogP contribution in [0.15, 0.2) is 23.4 Å². The molecule has 1 aliphatic rings. The molecule has 5 heteroatoms. The van der Waals surface area contributed by atoms with Crippen molar-refractivity contribution in [2.75, 3.05) is 0 Å². The van der Waals surface area contributed by atoms with Crippen molar-refractivity contribution in [3.63, 3.8) is 0 Å². The molecular weight excluding hydrogens is 155 g/mol. The summed E-state index contributed by atoms with van der Waals surface area (Å²) < 4.78 is 12.3. The number of carbonyl (C=O) groups excluding carboxylic acids is 2. The van der Waals surface area contributed by atoms with Gasteiger partial charge in [0.2, 0.25) is 17.4 Å². The summed E-state index contributed by atoms with van der Waals surface area (Å²) in [6.45, 7) is 0. The summed E-state index contributed by atoms with van der Waals surface area (Å²) in [6.07, 6.45) is 0.459. The molecule has 0 saturated heterocycles. The zero-order valence-electron chi connectivity index (χ0n) is 5.17. The maximum Gasteiger partial charge on any atom is 0.259 e. The number of aliphatic hydroxyl groups is 2. The van der Waals surface area contributed by atoms with Crippen LogP contribution in [0.2, 0.25) is 0 Å². The first-order valence-corrected chi connectivity index (χ1v) is 2.62. The number of Topliss-reactive ketones (excluding diaryl/α,β-unsaturated/α-hetero) is 1. The maximum atomic E-state index is 12.3. The number of hydrogen-bond donors (Lipinski definition) is 2. The van der Waals surface area contributed by atoms with Gasteiger partial charge in [0.25, 0.3) is 5.78 Å². The van der Waals surface area contributed by atoms with Gasteiger partial charge in [0.05, 0.1) is 0 Å². The fourth-order valence-electron chi connectivity index (χ4n) is 0.586. The summed E-state index contributed by atoms with van der Waals surface area (Å²) in [4.78, 5) is 20.8. The average Bonchev–Trinajstić information content (AvgIpc) is 1.97. The monoisotopic (exact) mass is 158 g/mol. The molecule has 0 unspecified atom stereocenters. The molecule has 4 nitrogen and oxygen atoms in total. The van der Waals surface area contributed by atoms with Crippen LogP contribution in [0.4, 0.5) is 4.39 Å². The van der Waals surface area contributed by atoms with E-state index in [0.717, 1.165) is 0 Å². The van der Waals surface area contributed by atoms with Crippen LogP contribution in [0.5, 0.6) is 0 Å². The van der Waals surface area contributed by atoms with Gasteiger partial charge in [0.1, 0.15) is 0 Å². The number of aliphatic hydroxyl groups excluding tert-OH is 2. The highest BCUT2D eigenvalue weighted by Crippen LogP contribution is 2.16. The zero-order valence-corrected chi connectivity index (χ0v) is 5.17. The molecule has 58 valence electrons. The lowest BCUT2D eigenvalue weighted by molar-refractivity contribution is -0.120. The van der Waals surface area contributed by atoms with Gasteiger partial charge in [-0.3, -0.25) is 9.59 Å². The lowest BCUT2D eigenvalue weighted by atomic mass is 10.1. The van der Waals surface area contributed by atoms with Gasteiger partial charge in [0, 0.05) is 6.08 Å². The molecule has 2 N–H and O–H groups in total. The molecule has 0 spiro atoms. The Labute approximate surface area is 60.3 Å². The Bertz CT molecular complexity index is 300. The van der Waals surface area contributed by atoms with Crippen LogP contribution in [-0.2, 0) is 9.59 Å². The normalized spacial score (nSPS) is 18.8. The number of carbonyl (C=O) groups is 2. The highest BCUT2D eigenvalue weighted by Gasteiger charge is 2.28. The van der Waals surface area contributed by atoms with Crippen molar-refractivity contribution in [1.29, 1.82) is 0 Å². The number of allylic oxidation sites excluding steroid dienone is 2. The molecule has 1 aliphatic carbocycles. The van der Waals surface area contributed by atoms with E-state index < -0.39 is 28.9 Å². The van der Waals surface area contributed by atoms with Crippen molar-refractivity contribution in [2.45, 2.75) is 0 Å². The quantitative estimate of drug-likeness (QED) is 0.498. The van der Waals surface area contributed by atoms with Gasteiger partial charge in [-0.15, -0.1) is 0 Å². The Hall–Kier alpha value is -1.65. The highest BCUT2D eigenvalue weighted by molar-refractivity contribution is 6.19. The summed E-state index contributed by atoms with van der Waals surface area (Å²) in [7, 11) is 0. The van der Waals surface area contributed by atoms with E-state index in [4.69, 9.17) is 10.2 Å². The summed E-state index contributed by atoms with van der Waals surface area (Å²) in [6, 6.07) is 0. The van der Waals surface area contributed by atoms with Crippen LogP contribution >= 0.6 is 0 Å². The molecule has 0 saturated carbocycles. The van der Waals surface area contributed by atoms with Gasteiger partial charge >= 0.3 is 0 Å². The Morgan fingerprint density at radius 1 is 1.27 bits per heavy atom. The van der Waals surface area contributed by atoms with Gasteiger partial charge in [-0.25, -0.2) is 0 Å². The van der Waals surface area contributed by atoms with E-state index in [1.807, 2.05) is 0 Å². The van der Waals surface area contributed by atoms with Crippen LogP contribution in [0.1, 0.15) is 0 Å². The van der Waals surface area contributed by atoms with Gasteiger partial charge in [-0.05, 0) is 0 Å². The van der Waals surface area contributed by atoms with E-state index in [1.54, 1.807) is 0 Å². The van der Waals surface area contributed by atoms with Crippen molar-refractivity contribution in [2.24, 2.45) is 0 Å². The van der Waals surface area contributed by atoms with E-state index in [0.29, 0.717) is 6.08 Å². The molecule has 0 amide bonds. The minimum absolute atomic E-state index is 0.459. The van der Waals surface area contributed by atoms with Crippen molar-refractivity contribution in [3.05, 3.63) is 23.4 Å². The molecule has 0 atom stereocenters. The minimum atomic E-state index is -1.62. The molecule has 0 aromatic carbocycles. The first-order valence-electron chi connectivity index (χ1n) is 2.62. The minimum Gasteiger partial charge on any atom is -0.504 e. The largest absolute Gasteiger partial charge is 0.504 e. The van der Waals surface area contributed by atoms with Gasteiger partial charge < -0.3 is 10.2 Å². The molecule has 0 aliphatic heterocycles. The lowest BCUT2D eigenvalue weighted by Crippen LogP contribution is -2.16. The van der Waals surface area contributed by atoms with E-state index in [2.05, 4.69) is 0 Å². The second-order valence-electron chi connectivity index (χ2n) is 1.89. The lowest BCUT2D eigenvalue weighted by Gasteiger charge is -2.03. The molecule has 1 rings (SSSR count). The third-order valence-electron chi connectivity index (χ3n) is 1.14. The van der Waals surface area contributed by atoms with Crippen LogP contribution in [0.3, 0.4) is 0 Å². The average molecular weight is 158 g/mol. The Balaban J connectivity index is 3.19. The number of halogens is 1. The Kier molecular flexibility index (Phi) is 1.48. The number of rotatable bonds is 0. The maximum absolute atomic E-state index is 12.3. The molecular formula is C6H3FO4. The fourth-order valence-corrected chi connectivity index (χ4v) is 0.586. The summed E-state index contributed by atoms with van der Waals surface area (Å²) in [5.74, 6) is -6.35. The molecule has 0 bridgehead atoms. The van der Waals surface area contributed by atoms with Gasteiger partial charge in [0.15, 0.2) is 5.76 Å². The van der Waals surface area contributed by atoms with Crippen molar-refractivity contribution >= 4 is 11.6 Å². The third kappa shape index (κ3) is 1.000. The molecule has 0 aromatic heterocycles. The predicted molar refractivity (Wildman–Crippen MR) is 31.5 cm³/mol. The van der Waals surface area contributed by atoms with E-state index in [1.165, 1.54) is 0 Å². The predicted octanol–water partition coefficient (Wildman–Crippen LogP) is 0.319. The number of hydrogen-bond acceptors (Lipinski definition) is 4. The molecule has 0 heterocycles. The second-order valence-corrected chi connectivity index (χ2v) is 1.89. The van der Waals surface area contributed by atoms with Crippen molar-refractivity contribution < 1.29 is 24.2 Å². The molecule has 0 aromatic rings. The SMILES string of the molecule is O=C1C=C(O)C(=O)C(F)=C1O. The molecule has 0 fully saturated rings. The summed E-state index contributed by atoms with van der Waals surface area (Å²) in [5.41, 5.74) is 0. The highest BCUT2D eigenvalue weighted by atomic mass is 19.1. The molecule has 11 heavy (non-hydrogen) atoms. The van der Waals surface area contributed by atoms with Gasteiger partial charge in [-0.2, -0.15) is 4.39 Å². The Morgan fingerprint density at radius 2 is 1.82 bits per heavy atom. The van der Waals surface area contributed by atoms with Gasteiger partial charge in [-0.1, -0.05) is 0 Å². The van der Waals surface area contributed by atoms with E-state index >= 15 is 0 Å². The summed E-state index contributed by atoms with van der Waals surface area (Å²) >= 11 is 0. The smallest absolute Gasteiger partial charge is 0.259 e. The van der Waals surface area contributed by atoms with Crippen LogP contribution in [0.25, 0.3) is 0 Å². The van der Waals surface area contributed by atoms with Crippen molar-refractivity contribution in [1.82, 2.24) is 0 Å². The van der Waals surface area contributed by atoms with E-state index in [9.17, 15) is 14.0 Å². The summed E-state index contributed by atoms with van der Waals surface area (Å²) in [5, 5.41) is 17.1. The Morgan fingerprint density at radius 3 is 2.36 bits per heavy atom. The zero-order chi connectivity index (χ0) is 8.59. The topological polar surface area (TPSA) is 74.6 Å². The first kappa shape index (κ1) is 7.46. The van der Waals surface area contributed by atoms with E-state index in [-0.39, 0.29) is 0 Å². The fraction of sp³-hybridized carbons (Fsp3) is 0. The van der Waals surface area contributed by atoms with Crippen LogP contribution in [0, 0.1) is 0 Å². The first-order chi connectivity index (χ1) is 5.04. The van der Waals surface area contributed by atoms with Crippen LogP contribution < -0.4 is 0 Å².